The Morgan fingerprint density at radius 1 is 0.818 bits per heavy atom. The van der Waals surface area contributed by atoms with Crippen LogP contribution in [0.25, 0.3) is 33.4 Å². The topological polar surface area (TPSA) is 22.8 Å². The zero-order valence-electron chi connectivity index (χ0n) is 12.7. The molecule has 4 rings (SSSR count). The van der Waals surface area contributed by atoms with E-state index >= 15 is 0 Å². The van der Waals surface area contributed by atoms with Crippen LogP contribution in [-0.4, -0.2) is 14.1 Å². The van der Waals surface area contributed by atoms with E-state index in [1.807, 2.05) is 31.6 Å². The fourth-order valence-electron chi connectivity index (χ4n) is 3.01. The van der Waals surface area contributed by atoms with E-state index in [1.165, 1.54) is 16.5 Å². The lowest BCUT2D eigenvalue weighted by atomic mass is 10.0. The molecule has 0 spiro atoms. The SMILES string of the molecule is Cn1cnc(-c2ccccc2)c1-c1ccc2c(ccn2C)c1. The molecule has 0 amide bonds. The Labute approximate surface area is 129 Å². The number of benzene rings is 2. The molecule has 0 aliphatic heterocycles. The van der Waals surface area contributed by atoms with Gasteiger partial charge >= 0.3 is 0 Å². The molecule has 0 aliphatic carbocycles. The smallest absolute Gasteiger partial charge is 0.0963 e. The first-order valence-corrected chi connectivity index (χ1v) is 7.36. The van der Waals surface area contributed by atoms with Crippen molar-refractivity contribution < 1.29 is 0 Å². The Morgan fingerprint density at radius 3 is 2.45 bits per heavy atom. The highest BCUT2D eigenvalue weighted by Crippen LogP contribution is 2.32. The van der Waals surface area contributed by atoms with Crippen LogP contribution in [-0.2, 0) is 14.1 Å². The molecule has 2 aromatic carbocycles. The molecule has 2 heterocycles. The van der Waals surface area contributed by atoms with Gasteiger partial charge in [0.15, 0.2) is 0 Å². The average Bonchev–Trinajstić information content (AvgIpc) is 3.11. The van der Waals surface area contributed by atoms with Crippen LogP contribution >= 0.6 is 0 Å². The van der Waals surface area contributed by atoms with Crippen molar-refractivity contribution in [2.45, 2.75) is 0 Å². The summed E-state index contributed by atoms with van der Waals surface area (Å²) in [7, 11) is 4.12. The third-order valence-corrected chi connectivity index (χ3v) is 4.14. The quantitative estimate of drug-likeness (QED) is 0.540. The molecule has 3 nitrogen and oxygen atoms in total. The summed E-state index contributed by atoms with van der Waals surface area (Å²) in [5, 5.41) is 1.25. The molecule has 0 unspecified atom stereocenters. The van der Waals surface area contributed by atoms with Gasteiger partial charge in [-0.25, -0.2) is 4.98 Å². The molecule has 22 heavy (non-hydrogen) atoms. The van der Waals surface area contributed by atoms with Crippen LogP contribution in [0.15, 0.2) is 67.1 Å². The number of fused-ring (bicyclic) bond motifs is 1. The zero-order valence-corrected chi connectivity index (χ0v) is 12.7. The van der Waals surface area contributed by atoms with Crippen LogP contribution in [0.5, 0.6) is 0 Å². The van der Waals surface area contributed by atoms with E-state index in [1.54, 1.807) is 0 Å². The number of imidazole rings is 1. The molecular formula is C19H17N3. The van der Waals surface area contributed by atoms with Crippen molar-refractivity contribution in [3.63, 3.8) is 0 Å². The normalized spacial score (nSPS) is 11.2. The number of nitrogens with zero attached hydrogens (tertiary/aromatic N) is 3. The van der Waals surface area contributed by atoms with Crippen molar-refractivity contribution in [2.24, 2.45) is 14.1 Å². The van der Waals surface area contributed by atoms with Crippen molar-refractivity contribution in [1.29, 1.82) is 0 Å². The summed E-state index contributed by atoms with van der Waals surface area (Å²) in [6.45, 7) is 0. The molecule has 0 atom stereocenters. The van der Waals surface area contributed by atoms with Gasteiger partial charge in [0.2, 0.25) is 0 Å². The van der Waals surface area contributed by atoms with E-state index in [-0.39, 0.29) is 0 Å². The molecule has 0 radical (unpaired) electrons. The molecule has 0 fully saturated rings. The highest BCUT2D eigenvalue weighted by Gasteiger charge is 2.13. The monoisotopic (exact) mass is 287 g/mol. The molecule has 0 saturated carbocycles. The predicted octanol–water partition coefficient (Wildman–Crippen LogP) is 4.25. The first-order valence-electron chi connectivity index (χ1n) is 7.36. The van der Waals surface area contributed by atoms with Gasteiger partial charge in [0.25, 0.3) is 0 Å². The van der Waals surface area contributed by atoms with Gasteiger partial charge in [-0.15, -0.1) is 0 Å². The molecule has 0 bridgehead atoms. The third kappa shape index (κ3) is 1.94. The van der Waals surface area contributed by atoms with Gasteiger partial charge in [-0.05, 0) is 18.2 Å². The van der Waals surface area contributed by atoms with E-state index < -0.39 is 0 Å². The Hall–Kier alpha value is -2.81. The zero-order chi connectivity index (χ0) is 15.1. The average molecular weight is 287 g/mol. The molecule has 3 heteroatoms. The summed E-state index contributed by atoms with van der Waals surface area (Å²) in [6.07, 6.45) is 3.97. The first-order chi connectivity index (χ1) is 10.7. The maximum atomic E-state index is 4.61. The minimum atomic E-state index is 1.03. The maximum absolute atomic E-state index is 4.61. The Bertz CT molecular complexity index is 945. The van der Waals surface area contributed by atoms with Crippen molar-refractivity contribution in [2.75, 3.05) is 0 Å². The Balaban J connectivity index is 1.93. The second-order valence-corrected chi connectivity index (χ2v) is 5.62. The minimum absolute atomic E-state index is 1.03. The minimum Gasteiger partial charge on any atom is -0.351 e. The first kappa shape index (κ1) is 12.9. The van der Waals surface area contributed by atoms with E-state index in [2.05, 4.69) is 63.8 Å². The number of aromatic nitrogens is 3. The molecule has 2 aromatic heterocycles. The van der Waals surface area contributed by atoms with Gasteiger partial charge in [0.1, 0.15) is 0 Å². The van der Waals surface area contributed by atoms with Gasteiger partial charge in [-0.3, -0.25) is 0 Å². The van der Waals surface area contributed by atoms with Crippen molar-refractivity contribution in [3.8, 4) is 22.5 Å². The van der Waals surface area contributed by atoms with Crippen LogP contribution in [0.2, 0.25) is 0 Å². The Kier molecular flexibility index (Phi) is 2.86. The molecule has 0 aliphatic rings. The fourth-order valence-corrected chi connectivity index (χ4v) is 3.01. The second-order valence-electron chi connectivity index (χ2n) is 5.62. The van der Waals surface area contributed by atoms with Gasteiger partial charge in [0, 0.05) is 42.3 Å². The van der Waals surface area contributed by atoms with Crippen molar-refractivity contribution in [1.82, 2.24) is 14.1 Å². The lowest BCUT2D eigenvalue weighted by Gasteiger charge is -2.07. The van der Waals surface area contributed by atoms with E-state index in [4.69, 9.17) is 0 Å². The van der Waals surface area contributed by atoms with Crippen LogP contribution in [0, 0.1) is 0 Å². The molecule has 4 aromatic rings. The number of hydrogen-bond acceptors (Lipinski definition) is 1. The van der Waals surface area contributed by atoms with Gasteiger partial charge in [-0.1, -0.05) is 36.4 Å². The van der Waals surface area contributed by atoms with E-state index in [9.17, 15) is 0 Å². The summed E-state index contributed by atoms with van der Waals surface area (Å²) < 4.78 is 4.23. The highest BCUT2D eigenvalue weighted by molar-refractivity contribution is 5.88. The third-order valence-electron chi connectivity index (χ3n) is 4.14. The van der Waals surface area contributed by atoms with E-state index in [0.29, 0.717) is 0 Å². The summed E-state index contributed by atoms with van der Waals surface area (Å²) in [6, 6.07) is 19.1. The van der Waals surface area contributed by atoms with Gasteiger partial charge in [0.05, 0.1) is 17.7 Å². The number of aryl methyl sites for hydroxylation is 2. The maximum Gasteiger partial charge on any atom is 0.0963 e. The second kappa shape index (κ2) is 4.88. The van der Waals surface area contributed by atoms with Crippen LogP contribution in [0.3, 0.4) is 0 Å². The van der Waals surface area contributed by atoms with Crippen molar-refractivity contribution in [3.05, 3.63) is 67.1 Å². The lowest BCUT2D eigenvalue weighted by molar-refractivity contribution is 0.921. The van der Waals surface area contributed by atoms with E-state index in [0.717, 1.165) is 17.0 Å². The van der Waals surface area contributed by atoms with Gasteiger partial charge < -0.3 is 9.13 Å². The van der Waals surface area contributed by atoms with Crippen LogP contribution in [0.1, 0.15) is 0 Å². The number of hydrogen-bond donors (Lipinski definition) is 0. The molecular weight excluding hydrogens is 270 g/mol. The largest absolute Gasteiger partial charge is 0.351 e. The summed E-state index contributed by atoms with van der Waals surface area (Å²) in [4.78, 5) is 4.61. The fraction of sp³-hybridized carbons (Fsp3) is 0.105. The van der Waals surface area contributed by atoms with Crippen LogP contribution < -0.4 is 0 Å². The summed E-state index contributed by atoms with van der Waals surface area (Å²) in [5.41, 5.74) is 5.76. The highest BCUT2D eigenvalue weighted by atomic mass is 15.0. The van der Waals surface area contributed by atoms with Crippen molar-refractivity contribution >= 4 is 10.9 Å². The molecule has 0 saturated heterocycles. The van der Waals surface area contributed by atoms with Gasteiger partial charge in [-0.2, -0.15) is 0 Å². The predicted molar refractivity (Wildman–Crippen MR) is 90.6 cm³/mol. The molecule has 108 valence electrons. The summed E-state index contributed by atoms with van der Waals surface area (Å²) in [5.74, 6) is 0. The number of rotatable bonds is 2. The summed E-state index contributed by atoms with van der Waals surface area (Å²) >= 11 is 0. The Morgan fingerprint density at radius 2 is 1.64 bits per heavy atom. The lowest BCUT2D eigenvalue weighted by Crippen LogP contribution is -1.92. The molecule has 0 N–H and O–H groups in total. The standard InChI is InChI=1S/C19H17N3/c1-21-11-10-15-12-16(8-9-17(15)21)19-18(20-13-22(19)2)14-6-4-3-5-7-14/h3-13H,1-2H3. The van der Waals surface area contributed by atoms with Crippen LogP contribution in [0.4, 0.5) is 0 Å².